The largest absolute Gasteiger partial charge is 0.490 e. The van der Waals surface area contributed by atoms with E-state index in [1.54, 1.807) is 41.9 Å². The Kier molecular flexibility index (Phi) is 5.39. The van der Waals surface area contributed by atoms with Crippen LogP contribution in [-0.2, 0) is 0 Å². The first-order valence-corrected chi connectivity index (χ1v) is 9.94. The molecule has 2 heterocycles. The van der Waals surface area contributed by atoms with E-state index in [4.69, 9.17) is 13.9 Å². The van der Waals surface area contributed by atoms with Gasteiger partial charge in [-0.05, 0) is 50.2 Å². The molecule has 0 bridgehead atoms. The third kappa shape index (κ3) is 4.04. The maximum Gasteiger partial charge on any atom is 0.322 e. The van der Waals surface area contributed by atoms with Gasteiger partial charge in [-0.3, -0.25) is 10.1 Å². The number of benzene rings is 2. The minimum absolute atomic E-state index is 0.0150. The molecule has 148 valence electrons. The molecule has 1 N–H and O–H groups in total. The lowest BCUT2D eigenvalue weighted by Gasteiger charge is -2.11. The van der Waals surface area contributed by atoms with Crippen LogP contribution in [0.3, 0.4) is 0 Å². The van der Waals surface area contributed by atoms with Gasteiger partial charge in [-0.25, -0.2) is 4.98 Å². The second-order valence-corrected chi connectivity index (χ2v) is 6.82. The topological polar surface area (TPSA) is 99.4 Å². The van der Waals surface area contributed by atoms with Crippen molar-refractivity contribution in [2.24, 2.45) is 0 Å². The van der Waals surface area contributed by atoms with Crippen LogP contribution >= 0.6 is 11.3 Å². The molecule has 8 nitrogen and oxygen atoms in total. The van der Waals surface area contributed by atoms with Crippen LogP contribution in [0, 0.1) is 0 Å². The van der Waals surface area contributed by atoms with Gasteiger partial charge in [-0.1, -0.05) is 5.10 Å². The van der Waals surface area contributed by atoms with Gasteiger partial charge in [-0.15, -0.1) is 16.4 Å². The Labute approximate surface area is 170 Å². The molecular formula is C20H18N4O4S. The fraction of sp³-hybridized carbons (Fsp3) is 0.200. The van der Waals surface area contributed by atoms with Crippen molar-refractivity contribution in [1.29, 1.82) is 0 Å². The quantitative estimate of drug-likeness (QED) is 0.482. The molecule has 0 saturated carbocycles. The Morgan fingerprint density at radius 1 is 1.07 bits per heavy atom. The Balaban J connectivity index is 1.53. The number of rotatable bonds is 7. The number of anilines is 1. The molecule has 1 amide bonds. The van der Waals surface area contributed by atoms with Crippen molar-refractivity contribution < 1.29 is 18.7 Å². The van der Waals surface area contributed by atoms with E-state index in [-0.39, 0.29) is 17.8 Å². The Morgan fingerprint density at radius 2 is 1.90 bits per heavy atom. The van der Waals surface area contributed by atoms with Gasteiger partial charge < -0.3 is 13.9 Å². The number of ether oxygens (including phenoxy) is 2. The second kappa shape index (κ2) is 8.27. The molecule has 4 aromatic rings. The minimum Gasteiger partial charge on any atom is -0.490 e. The highest BCUT2D eigenvalue weighted by Gasteiger charge is 2.15. The molecule has 0 unspecified atom stereocenters. The summed E-state index contributed by atoms with van der Waals surface area (Å²) >= 11 is 1.47. The minimum atomic E-state index is -0.336. The summed E-state index contributed by atoms with van der Waals surface area (Å²) in [6.45, 7) is 4.83. The SMILES string of the molecule is CCOc1ccc(-c2nnc(NC(=O)c3ccc4ncsc4c3)o2)cc1OCC. The number of nitrogens with zero attached hydrogens (tertiary/aromatic N) is 3. The van der Waals surface area contributed by atoms with Crippen LogP contribution in [0.25, 0.3) is 21.7 Å². The van der Waals surface area contributed by atoms with Gasteiger partial charge in [0.1, 0.15) is 0 Å². The zero-order valence-corrected chi connectivity index (χ0v) is 16.7. The van der Waals surface area contributed by atoms with E-state index in [2.05, 4.69) is 20.5 Å². The predicted molar refractivity (Wildman–Crippen MR) is 110 cm³/mol. The van der Waals surface area contributed by atoms with Crippen molar-refractivity contribution >= 4 is 33.5 Å². The molecular weight excluding hydrogens is 392 g/mol. The molecule has 0 fully saturated rings. The standard InChI is InChI=1S/C20H18N4O4S/c1-3-26-15-8-6-13(9-16(15)27-4-2)19-23-24-20(28-19)22-18(25)12-5-7-14-17(10-12)29-11-21-14/h5-11H,3-4H2,1-2H3,(H,22,24,25). The average Bonchev–Trinajstić information content (AvgIpc) is 3.38. The summed E-state index contributed by atoms with van der Waals surface area (Å²) in [5.74, 6) is 1.16. The third-order valence-electron chi connectivity index (χ3n) is 4.03. The van der Waals surface area contributed by atoms with Gasteiger partial charge in [0.15, 0.2) is 11.5 Å². The van der Waals surface area contributed by atoms with Crippen LogP contribution in [0.4, 0.5) is 6.01 Å². The summed E-state index contributed by atoms with van der Waals surface area (Å²) in [6, 6.07) is 10.7. The van der Waals surface area contributed by atoms with Crippen molar-refractivity contribution in [2.75, 3.05) is 18.5 Å². The molecule has 0 aliphatic rings. The van der Waals surface area contributed by atoms with Crippen molar-refractivity contribution in [1.82, 2.24) is 15.2 Å². The van der Waals surface area contributed by atoms with E-state index in [1.165, 1.54) is 11.3 Å². The first-order valence-electron chi connectivity index (χ1n) is 9.06. The van der Waals surface area contributed by atoms with Crippen LogP contribution in [0.2, 0.25) is 0 Å². The van der Waals surface area contributed by atoms with Gasteiger partial charge in [0, 0.05) is 11.1 Å². The number of thiazole rings is 1. The van der Waals surface area contributed by atoms with E-state index in [9.17, 15) is 4.79 Å². The first kappa shape index (κ1) is 18.9. The fourth-order valence-electron chi connectivity index (χ4n) is 2.74. The Bertz CT molecular complexity index is 1150. The van der Waals surface area contributed by atoms with Crippen molar-refractivity contribution in [3.63, 3.8) is 0 Å². The maximum atomic E-state index is 12.5. The van der Waals surface area contributed by atoms with Gasteiger partial charge in [0.2, 0.25) is 5.89 Å². The molecule has 0 atom stereocenters. The predicted octanol–water partition coefficient (Wildman–Crippen LogP) is 4.40. The average molecular weight is 410 g/mol. The van der Waals surface area contributed by atoms with Crippen molar-refractivity contribution in [3.05, 3.63) is 47.5 Å². The summed E-state index contributed by atoms with van der Waals surface area (Å²) in [5, 5.41) is 10.6. The van der Waals surface area contributed by atoms with Crippen LogP contribution in [0.15, 0.2) is 46.3 Å². The fourth-order valence-corrected chi connectivity index (χ4v) is 3.46. The van der Waals surface area contributed by atoms with Crippen molar-refractivity contribution in [2.45, 2.75) is 13.8 Å². The summed E-state index contributed by atoms with van der Waals surface area (Å²) in [4.78, 5) is 16.7. The van der Waals surface area contributed by atoms with E-state index in [0.29, 0.717) is 35.8 Å². The number of hydrogen-bond donors (Lipinski definition) is 1. The monoisotopic (exact) mass is 410 g/mol. The van der Waals surface area contributed by atoms with E-state index >= 15 is 0 Å². The van der Waals surface area contributed by atoms with E-state index in [1.807, 2.05) is 13.8 Å². The second-order valence-electron chi connectivity index (χ2n) is 5.93. The third-order valence-corrected chi connectivity index (χ3v) is 4.82. The molecule has 0 aliphatic heterocycles. The Hall–Kier alpha value is -3.46. The number of aromatic nitrogens is 3. The van der Waals surface area contributed by atoms with Crippen LogP contribution in [-0.4, -0.2) is 34.3 Å². The molecule has 0 saturated heterocycles. The number of nitrogens with one attached hydrogen (secondary N) is 1. The van der Waals surface area contributed by atoms with Crippen LogP contribution in [0.5, 0.6) is 11.5 Å². The molecule has 2 aromatic heterocycles. The molecule has 9 heteroatoms. The van der Waals surface area contributed by atoms with Gasteiger partial charge in [0.05, 0.1) is 28.9 Å². The molecule has 4 rings (SSSR count). The number of amides is 1. The lowest BCUT2D eigenvalue weighted by atomic mass is 10.2. The van der Waals surface area contributed by atoms with E-state index < -0.39 is 0 Å². The van der Waals surface area contributed by atoms with Gasteiger partial charge in [-0.2, -0.15) is 0 Å². The number of carbonyl (C=O) groups excluding carboxylic acids is 1. The number of hydrogen-bond acceptors (Lipinski definition) is 8. The first-order chi connectivity index (χ1) is 14.2. The lowest BCUT2D eigenvalue weighted by Crippen LogP contribution is -2.11. The lowest BCUT2D eigenvalue weighted by molar-refractivity contribution is 0.102. The summed E-state index contributed by atoms with van der Waals surface area (Å²) < 4.78 is 17.7. The highest BCUT2D eigenvalue weighted by Crippen LogP contribution is 2.33. The van der Waals surface area contributed by atoms with Gasteiger partial charge >= 0.3 is 6.01 Å². The zero-order chi connectivity index (χ0) is 20.2. The maximum absolute atomic E-state index is 12.5. The highest BCUT2D eigenvalue weighted by atomic mass is 32.1. The Morgan fingerprint density at radius 3 is 2.72 bits per heavy atom. The normalized spacial score (nSPS) is 10.8. The van der Waals surface area contributed by atoms with Crippen molar-refractivity contribution in [3.8, 4) is 23.0 Å². The zero-order valence-electron chi connectivity index (χ0n) is 15.8. The molecule has 29 heavy (non-hydrogen) atoms. The number of carbonyl (C=O) groups is 1. The number of fused-ring (bicyclic) bond motifs is 1. The van der Waals surface area contributed by atoms with Gasteiger partial charge in [0.25, 0.3) is 5.91 Å². The molecule has 0 aliphatic carbocycles. The summed E-state index contributed by atoms with van der Waals surface area (Å²) in [7, 11) is 0. The smallest absolute Gasteiger partial charge is 0.322 e. The van der Waals surface area contributed by atoms with Crippen LogP contribution in [0.1, 0.15) is 24.2 Å². The highest BCUT2D eigenvalue weighted by molar-refractivity contribution is 7.16. The van der Waals surface area contributed by atoms with E-state index in [0.717, 1.165) is 10.2 Å². The molecule has 0 spiro atoms. The molecule has 0 radical (unpaired) electrons. The summed E-state index contributed by atoms with van der Waals surface area (Å²) in [6.07, 6.45) is 0. The van der Waals surface area contributed by atoms with Crippen LogP contribution < -0.4 is 14.8 Å². The summed E-state index contributed by atoms with van der Waals surface area (Å²) in [5.41, 5.74) is 3.74. The molecule has 2 aromatic carbocycles.